The summed E-state index contributed by atoms with van der Waals surface area (Å²) in [4.78, 5) is 0. The fourth-order valence-corrected chi connectivity index (χ4v) is 4.03. The van der Waals surface area contributed by atoms with Crippen molar-refractivity contribution >= 4 is 24.3 Å². The van der Waals surface area contributed by atoms with E-state index in [4.69, 9.17) is 0 Å². The van der Waals surface area contributed by atoms with E-state index in [-0.39, 0.29) is 72.8 Å². The zero-order valence-electron chi connectivity index (χ0n) is 21.7. The molecule has 0 radical (unpaired) electrons. The largest absolute Gasteiger partial charge is 0.417 e. The van der Waals surface area contributed by atoms with E-state index >= 15 is 0 Å². The average Bonchev–Trinajstić information content (AvgIpc) is 2.87. The molecular formula is C28H12F18. The van der Waals surface area contributed by atoms with Gasteiger partial charge in [-0.05, 0) is 70.8 Å². The number of hydrogen-bond acceptors (Lipinski definition) is 0. The van der Waals surface area contributed by atoms with Crippen LogP contribution in [0.5, 0.6) is 0 Å². The Hall–Kier alpha value is -4.12. The van der Waals surface area contributed by atoms with Gasteiger partial charge in [0, 0.05) is 0 Å². The fraction of sp³-hybridized carbons (Fsp3) is 0.214. The molecule has 0 saturated heterocycles. The Balaban J connectivity index is 2.29. The lowest BCUT2D eigenvalue weighted by Gasteiger charge is -2.18. The molecule has 0 spiro atoms. The maximum Gasteiger partial charge on any atom is 0.417 e. The molecule has 0 nitrogen and oxygen atoms in total. The van der Waals surface area contributed by atoms with Gasteiger partial charge in [0.15, 0.2) is 0 Å². The van der Waals surface area contributed by atoms with Gasteiger partial charge in [0.1, 0.15) is 0 Å². The SMILES string of the molecule is FC(F)(F)c1ccc(C(F)(F)F)c(/C=C/c2cc(C(F)(F)F)c(/C=C/c3cc(C(F)(F)F)ccc3C(F)(F)F)cc2C(F)(F)F)c1. The van der Waals surface area contributed by atoms with E-state index < -0.39 is 92.7 Å². The van der Waals surface area contributed by atoms with Gasteiger partial charge in [-0.1, -0.05) is 24.3 Å². The zero-order chi connectivity index (χ0) is 35.3. The van der Waals surface area contributed by atoms with Gasteiger partial charge in [0.25, 0.3) is 0 Å². The van der Waals surface area contributed by atoms with Crippen LogP contribution in [0, 0.1) is 0 Å². The first-order valence-electron chi connectivity index (χ1n) is 11.9. The fourth-order valence-electron chi connectivity index (χ4n) is 4.03. The Morgan fingerprint density at radius 1 is 0.283 bits per heavy atom. The van der Waals surface area contributed by atoms with Crippen LogP contribution in [-0.4, -0.2) is 0 Å². The molecule has 0 atom stereocenters. The Bertz CT molecular complexity index is 1510. The van der Waals surface area contributed by atoms with Crippen LogP contribution in [0.4, 0.5) is 79.0 Å². The second-order valence-corrected chi connectivity index (χ2v) is 9.28. The van der Waals surface area contributed by atoms with Crippen molar-refractivity contribution < 1.29 is 79.0 Å². The summed E-state index contributed by atoms with van der Waals surface area (Å²) in [5, 5.41) is 0. The molecule has 3 rings (SSSR count). The molecule has 0 amide bonds. The third kappa shape index (κ3) is 8.57. The predicted molar refractivity (Wildman–Crippen MR) is 127 cm³/mol. The molecule has 0 N–H and O–H groups in total. The highest BCUT2D eigenvalue weighted by atomic mass is 19.4. The van der Waals surface area contributed by atoms with E-state index in [9.17, 15) is 79.0 Å². The summed E-state index contributed by atoms with van der Waals surface area (Å²) in [5.74, 6) is 0. The molecular weight excluding hydrogens is 678 g/mol. The van der Waals surface area contributed by atoms with E-state index in [0.29, 0.717) is 0 Å². The molecule has 0 unspecified atom stereocenters. The summed E-state index contributed by atoms with van der Waals surface area (Å²) in [5.41, 5.74) is -16.8. The molecule has 0 aromatic heterocycles. The lowest BCUT2D eigenvalue weighted by molar-refractivity contribution is -0.141. The molecule has 0 aliphatic rings. The van der Waals surface area contributed by atoms with Crippen LogP contribution in [0.25, 0.3) is 24.3 Å². The summed E-state index contributed by atoms with van der Waals surface area (Å²) in [6, 6.07) is -0.857. The lowest BCUT2D eigenvalue weighted by Crippen LogP contribution is -2.14. The summed E-state index contributed by atoms with van der Waals surface area (Å²) in [6.07, 6.45) is -32.3. The molecule has 0 saturated carbocycles. The summed E-state index contributed by atoms with van der Waals surface area (Å²) in [7, 11) is 0. The summed E-state index contributed by atoms with van der Waals surface area (Å²) in [6.45, 7) is 0. The maximum atomic E-state index is 13.9. The molecule has 0 fully saturated rings. The molecule has 0 aliphatic heterocycles. The molecule has 0 heterocycles. The Morgan fingerprint density at radius 2 is 0.522 bits per heavy atom. The lowest BCUT2D eigenvalue weighted by atomic mass is 9.94. The topological polar surface area (TPSA) is 0 Å². The van der Waals surface area contributed by atoms with Gasteiger partial charge in [0.05, 0.1) is 33.4 Å². The highest BCUT2D eigenvalue weighted by molar-refractivity contribution is 5.78. The van der Waals surface area contributed by atoms with Crippen molar-refractivity contribution in [2.24, 2.45) is 0 Å². The third-order valence-electron chi connectivity index (χ3n) is 6.09. The Morgan fingerprint density at radius 3 is 0.739 bits per heavy atom. The van der Waals surface area contributed by atoms with E-state index in [1.54, 1.807) is 0 Å². The number of benzene rings is 3. The average molecular weight is 690 g/mol. The standard InChI is InChI=1S/C28H12F18/c29-23(30,31)17-5-7-19(25(35,36)37)13(9-17)1-3-15-11-22(28(44,45)46)16(12-21(15)27(41,42)43)4-2-14-10-18(24(32,33)34)6-8-20(14)26(38,39)40/h1-12H/b3-1+,4-2+. The summed E-state index contributed by atoms with van der Waals surface area (Å²) < 4.78 is 242. The minimum Gasteiger partial charge on any atom is -0.166 e. The van der Waals surface area contributed by atoms with Crippen molar-refractivity contribution in [3.05, 3.63) is 104 Å². The van der Waals surface area contributed by atoms with Gasteiger partial charge >= 0.3 is 37.1 Å². The van der Waals surface area contributed by atoms with Crippen molar-refractivity contribution in [3.8, 4) is 0 Å². The van der Waals surface area contributed by atoms with E-state index in [2.05, 4.69) is 0 Å². The number of alkyl halides is 18. The van der Waals surface area contributed by atoms with Crippen LogP contribution >= 0.6 is 0 Å². The van der Waals surface area contributed by atoms with Crippen LogP contribution in [0.3, 0.4) is 0 Å². The second-order valence-electron chi connectivity index (χ2n) is 9.28. The second kappa shape index (κ2) is 11.9. The van der Waals surface area contributed by atoms with Crippen molar-refractivity contribution in [2.45, 2.75) is 37.1 Å². The van der Waals surface area contributed by atoms with Gasteiger partial charge in [-0.3, -0.25) is 0 Å². The quantitative estimate of drug-likeness (QED) is 0.189. The molecule has 3 aromatic carbocycles. The summed E-state index contributed by atoms with van der Waals surface area (Å²) >= 11 is 0. The number of rotatable bonds is 4. The van der Waals surface area contributed by atoms with Gasteiger partial charge in [-0.2, -0.15) is 79.0 Å². The van der Waals surface area contributed by atoms with Crippen molar-refractivity contribution in [1.82, 2.24) is 0 Å². The predicted octanol–water partition coefficient (Wildman–Crippen LogP) is 12.1. The van der Waals surface area contributed by atoms with E-state index in [1.165, 1.54) is 0 Å². The van der Waals surface area contributed by atoms with Gasteiger partial charge in [-0.25, -0.2) is 0 Å². The highest BCUT2D eigenvalue weighted by Crippen LogP contribution is 2.43. The highest BCUT2D eigenvalue weighted by Gasteiger charge is 2.40. The smallest absolute Gasteiger partial charge is 0.166 e. The number of hydrogen-bond donors (Lipinski definition) is 0. The first kappa shape index (κ1) is 36.3. The first-order valence-corrected chi connectivity index (χ1v) is 11.9. The van der Waals surface area contributed by atoms with Gasteiger partial charge in [0.2, 0.25) is 0 Å². The van der Waals surface area contributed by atoms with Crippen LogP contribution in [-0.2, 0) is 37.1 Å². The molecule has 46 heavy (non-hydrogen) atoms. The third-order valence-corrected chi connectivity index (χ3v) is 6.09. The van der Waals surface area contributed by atoms with Crippen molar-refractivity contribution in [3.63, 3.8) is 0 Å². The molecule has 250 valence electrons. The minimum absolute atomic E-state index is 0.0127. The molecule has 0 aliphatic carbocycles. The van der Waals surface area contributed by atoms with Crippen LogP contribution < -0.4 is 0 Å². The number of halogens is 18. The Kier molecular flexibility index (Phi) is 9.41. The maximum absolute atomic E-state index is 13.9. The minimum atomic E-state index is -5.61. The zero-order valence-corrected chi connectivity index (χ0v) is 21.7. The van der Waals surface area contributed by atoms with Crippen LogP contribution in [0.2, 0.25) is 0 Å². The van der Waals surface area contributed by atoms with Crippen LogP contribution in [0.15, 0.2) is 48.5 Å². The monoisotopic (exact) mass is 690 g/mol. The van der Waals surface area contributed by atoms with Crippen molar-refractivity contribution in [1.29, 1.82) is 0 Å². The molecule has 18 heteroatoms. The van der Waals surface area contributed by atoms with Gasteiger partial charge in [-0.15, -0.1) is 0 Å². The Labute approximate surface area is 245 Å². The van der Waals surface area contributed by atoms with Crippen molar-refractivity contribution in [2.75, 3.05) is 0 Å². The molecule has 3 aromatic rings. The molecule has 0 bridgehead atoms. The normalized spacial score (nSPS) is 14.1. The first-order chi connectivity index (χ1) is 20.6. The van der Waals surface area contributed by atoms with Crippen LogP contribution in [0.1, 0.15) is 55.6 Å². The van der Waals surface area contributed by atoms with Gasteiger partial charge < -0.3 is 0 Å². The van der Waals surface area contributed by atoms with E-state index in [1.807, 2.05) is 0 Å². The van der Waals surface area contributed by atoms with E-state index in [0.717, 1.165) is 0 Å².